The zero-order chi connectivity index (χ0) is 22.8. The van der Waals surface area contributed by atoms with E-state index in [4.69, 9.17) is 10.2 Å². The number of nitrogens with two attached hydrogens (primary N) is 1. The molecule has 11 nitrogen and oxygen atoms in total. The summed E-state index contributed by atoms with van der Waals surface area (Å²) in [5.74, 6) is -2.61. The predicted octanol–water partition coefficient (Wildman–Crippen LogP) is 2.04. The molecule has 32 heavy (non-hydrogen) atoms. The normalized spacial score (nSPS) is 10.8. The Morgan fingerprint density at radius 3 is 2.41 bits per heavy atom. The van der Waals surface area contributed by atoms with Gasteiger partial charge in [-0.15, -0.1) is 10.2 Å². The Kier molecular flexibility index (Phi) is 5.29. The van der Waals surface area contributed by atoms with Gasteiger partial charge in [-0.05, 0) is 12.1 Å². The molecule has 3 aromatic heterocycles. The van der Waals surface area contributed by atoms with Crippen LogP contribution >= 0.6 is 0 Å². The van der Waals surface area contributed by atoms with Gasteiger partial charge >= 0.3 is 5.97 Å². The number of rotatable bonds is 7. The lowest BCUT2D eigenvalue weighted by Gasteiger charge is -2.01. The molecule has 0 fully saturated rings. The summed E-state index contributed by atoms with van der Waals surface area (Å²) >= 11 is 0. The largest absolute Gasteiger partial charge is 0.476 e. The van der Waals surface area contributed by atoms with E-state index in [1.54, 1.807) is 48.5 Å². The number of Topliss-reactive ketones (excluding diaryl/α,β-unsaturated/α-hetero) is 1. The number of aromatic nitrogens is 5. The Labute approximate surface area is 180 Å². The molecule has 3 heterocycles. The average molecular weight is 432 g/mol. The van der Waals surface area contributed by atoms with E-state index in [0.717, 1.165) is 4.80 Å². The van der Waals surface area contributed by atoms with Crippen molar-refractivity contribution in [2.75, 3.05) is 0 Å². The number of hydrogen-bond acceptors (Lipinski definition) is 8. The van der Waals surface area contributed by atoms with E-state index in [9.17, 15) is 19.5 Å². The van der Waals surface area contributed by atoms with Crippen LogP contribution in [0.4, 0.5) is 0 Å². The van der Waals surface area contributed by atoms with Gasteiger partial charge in [0.15, 0.2) is 28.6 Å². The fourth-order valence-corrected chi connectivity index (χ4v) is 2.99. The van der Waals surface area contributed by atoms with E-state index in [1.807, 2.05) is 0 Å². The minimum Gasteiger partial charge on any atom is -0.476 e. The zero-order valence-electron chi connectivity index (χ0n) is 16.7. The van der Waals surface area contributed by atoms with Crippen LogP contribution in [0.25, 0.3) is 22.9 Å². The third kappa shape index (κ3) is 3.99. The van der Waals surface area contributed by atoms with Gasteiger partial charge in [-0.2, -0.15) is 9.78 Å². The van der Waals surface area contributed by atoms with Crippen molar-refractivity contribution in [2.24, 2.45) is 5.73 Å². The highest BCUT2D eigenvalue weighted by molar-refractivity contribution is 5.97. The molecule has 0 atom stereocenters. The second-order valence-corrected chi connectivity index (χ2v) is 6.73. The Morgan fingerprint density at radius 2 is 1.75 bits per heavy atom. The van der Waals surface area contributed by atoms with E-state index in [1.165, 1.54) is 6.92 Å². The quantitative estimate of drug-likeness (QED) is 0.415. The van der Waals surface area contributed by atoms with E-state index in [2.05, 4.69) is 20.2 Å². The molecule has 4 rings (SSSR count). The molecule has 3 N–H and O–H groups in total. The highest BCUT2D eigenvalue weighted by Crippen LogP contribution is 2.30. The summed E-state index contributed by atoms with van der Waals surface area (Å²) in [6.07, 6.45) is 0. The second kappa shape index (κ2) is 8.22. The van der Waals surface area contributed by atoms with Crippen LogP contribution in [-0.2, 0) is 6.54 Å². The van der Waals surface area contributed by atoms with Crippen LogP contribution < -0.4 is 5.73 Å². The molecule has 160 valence electrons. The third-order valence-corrected chi connectivity index (χ3v) is 4.43. The van der Waals surface area contributed by atoms with Crippen molar-refractivity contribution >= 4 is 17.7 Å². The lowest BCUT2D eigenvalue weighted by atomic mass is 10.1. The Bertz CT molecular complexity index is 1340. The smallest absolute Gasteiger partial charge is 0.358 e. The third-order valence-electron chi connectivity index (χ3n) is 4.43. The van der Waals surface area contributed by atoms with Crippen LogP contribution in [-0.4, -0.2) is 47.7 Å². The number of pyridine rings is 1. The van der Waals surface area contributed by atoms with Crippen LogP contribution in [0.15, 0.2) is 52.9 Å². The Balaban J connectivity index is 1.77. The SMILES string of the molecule is CC(=O)c1cccc(Cn2nc(C(N)=O)c(-c3nc(C(=O)O)c(-c4ccccc4)o3)n2)n1. The molecule has 0 aliphatic rings. The highest BCUT2D eigenvalue weighted by atomic mass is 16.4. The molecule has 0 bridgehead atoms. The topological polar surface area (TPSA) is 167 Å². The molecular weight excluding hydrogens is 416 g/mol. The summed E-state index contributed by atoms with van der Waals surface area (Å²) in [6.45, 7) is 1.42. The van der Waals surface area contributed by atoms with Gasteiger partial charge < -0.3 is 15.3 Å². The molecule has 0 aliphatic carbocycles. The van der Waals surface area contributed by atoms with Crippen LogP contribution in [0.2, 0.25) is 0 Å². The van der Waals surface area contributed by atoms with Gasteiger partial charge in [0, 0.05) is 12.5 Å². The lowest BCUT2D eigenvalue weighted by molar-refractivity contribution is 0.0691. The molecule has 11 heteroatoms. The van der Waals surface area contributed by atoms with Crippen molar-refractivity contribution in [3.63, 3.8) is 0 Å². The number of hydrogen-bond donors (Lipinski definition) is 2. The van der Waals surface area contributed by atoms with Crippen LogP contribution in [0.1, 0.15) is 44.1 Å². The predicted molar refractivity (Wildman–Crippen MR) is 110 cm³/mol. The fourth-order valence-electron chi connectivity index (χ4n) is 2.99. The number of oxazole rings is 1. The maximum atomic E-state index is 12.0. The van der Waals surface area contributed by atoms with Gasteiger partial charge in [-0.3, -0.25) is 9.59 Å². The molecule has 0 saturated carbocycles. The first kappa shape index (κ1) is 20.6. The fraction of sp³-hybridized carbons (Fsp3) is 0.0952. The van der Waals surface area contributed by atoms with Crippen molar-refractivity contribution in [3.8, 4) is 22.9 Å². The number of carboxylic acids is 1. The maximum Gasteiger partial charge on any atom is 0.358 e. The van der Waals surface area contributed by atoms with Gasteiger partial charge in [0.25, 0.3) is 11.8 Å². The van der Waals surface area contributed by atoms with E-state index >= 15 is 0 Å². The Morgan fingerprint density at radius 1 is 1.00 bits per heavy atom. The number of carbonyl (C=O) groups excluding carboxylic acids is 2. The number of nitrogens with zero attached hydrogens (tertiary/aromatic N) is 5. The molecule has 0 spiro atoms. The first-order valence-electron chi connectivity index (χ1n) is 9.35. The standard InChI is InChI=1S/C21H16N6O5/c1-11(28)14-9-5-8-13(23-14)10-27-25-15(19(22)29)16(26-27)20-24-17(21(30)31)18(32-20)12-6-3-2-4-7-12/h2-9H,10H2,1H3,(H2,22,29)(H,30,31). The molecule has 0 saturated heterocycles. The molecule has 1 aromatic carbocycles. The van der Waals surface area contributed by atoms with Crippen molar-refractivity contribution in [2.45, 2.75) is 13.5 Å². The molecule has 0 aliphatic heterocycles. The minimum atomic E-state index is -1.31. The van der Waals surface area contributed by atoms with Crippen LogP contribution in [0.3, 0.4) is 0 Å². The summed E-state index contributed by atoms with van der Waals surface area (Å²) in [5.41, 5.74) is 5.98. The molecule has 1 amide bonds. The molecule has 4 aromatic rings. The average Bonchev–Trinajstić information content (AvgIpc) is 3.39. The van der Waals surface area contributed by atoms with Crippen molar-refractivity contribution in [3.05, 3.63) is 71.3 Å². The first-order chi connectivity index (χ1) is 15.3. The lowest BCUT2D eigenvalue weighted by Crippen LogP contribution is -2.14. The van der Waals surface area contributed by atoms with Crippen molar-refractivity contribution < 1.29 is 23.9 Å². The number of benzene rings is 1. The first-order valence-corrected chi connectivity index (χ1v) is 9.35. The number of primary amides is 1. The summed E-state index contributed by atoms with van der Waals surface area (Å²) in [5, 5.41) is 17.8. The monoisotopic (exact) mass is 432 g/mol. The summed E-state index contributed by atoms with van der Waals surface area (Å²) in [7, 11) is 0. The van der Waals surface area contributed by atoms with Gasteiger partial charge in [0.05, 0.1) is 5.69 Å². The minimum absolute atomic E-state index is 0.00824. The molecule has 0 radical (unpaired) electrons. The van der Waals surface area contributed by atoms with Crippen molar-refractivity contribution in [1.29, 1.82) is 0 Å². The molecular formula is C21H16N6O5. The van der Waals surface area contributed by atoms with E-state index in [0.29, 0.717) is 11.3 Å². The van der Waals surface area contributed by atoms with Gasteiger partial charge in [0.1, 0.15) is 12.2 Å². The number of carboxylic acid groups (broad SMARTS) is 1. The number of aromatic carboxylic acids is 1. The van der Waals surface area contributed by atoms with Crippen LogP contribution in [0.5, 0.6) is 0 Å². The van der Waals surface area contributed by atoms with E-state index < -0.39 is 11.9 Å². The van der Waals surface area contributed by atoms with Gasteiger partial charge in [-0.1, -0.05) is 36.4 Å². The summed E-state index contributed by atoms with van der Waals surface area (Å²) < 4.78 is 5.68. The molecule has 0 unspecified atom stereocenters. The van der Waals surface area contributed by atoms with Gasteiger partial charge in [-0.25, -0.2) is 9.78 Å². The number of amides is 1. The van der Waals surface area contributed by atoms with Crippen molar-refractivity contribution in [1.82, 2.24) is 25.0 Å². The number of carbonyl (C=O) groups is 3. The number of ketones is 1. The van der Waals surface area contributed by atoms with Crippen LogP contribution in [0, 0.1) is 0 Å². The maximum absolute atomic E-state index is 12.0. The Hall–Kier alpha value is -4.67. The second-order valence-electron chi connectivity index (χ2n) is 6.73. The summed E-state index contributed by atoms with van der Waals surface area (Å²) in [6, 6.07) is 13.4. The summed E-state index contributed by atoms with van der Waals surface area (Å²) in [4.78, 5) is 44.6. The van der Waals surface area contributed by atoms with Gasteiger partial charge in [0.2, 0.25) is 0 Å². The zero-order valence-corrected chi connectivity index (χ0v) is 16.7. The highest BCUT2D eigenvalue weighted by Gasteiger charge is 2.27. The van der Waals surface area contributed by atoms with E-state index in [-0.39, 0.29) is 46.8 Å².